The van der Waals surface area contributed by atoms with Gasteiger partial charge in [0, 0.05) is 0 Å². The molecule has 0 atom stereocenters. The van der Waals surface area contributed by atoms with Crippen molar-refractivity contribution in [3.63, 3.8) is 0 Å². The molecular weight excluding hydrogens is 304 g/mol. The molecule has 25 heavy (non-hydrogen) atoms. The van der Waals surface area contributed by atoms with Gasteiger partial charge < -0.3 is 10.2 Å². The second-order valence-corrected chi connectivity index (χ2v) is 9.17. The summed E-state index contributed by atoms with van der Waals surface area (Å²) in [5, 5.41) is 0. The van der Waals surface area contributed by atoms with E-state index in [0.717, 1.165) is 11.0 Å². The molecule has 0 radical (unpaired) electrons. The third-order valence-corrected chi connectivity index (χ3v) is 5.28. The predicted molar refractivity (Wildman–Crippen MR) is 115 cm³/mol. The maximum absolute atomic E-state index is 5.51. The minimum atomic E-state index is 0.872. The highest BCUT2D eigenvalue weighted by atomic mass is 15.3. The van der Waals surface area contributed by atoms with E-state index in [1.807, 2.05) is 0 Å². The zero-order valence-electron chi connectivity index (χ0n) is 18.2. The Kier molecular flexibility index (Phi) is 18.6. The second kappa shape index (κ2) is 18.7. The zero-order valence-corrected chi connectivity index (χ0v) is 18.2. The van der Waals surface area contributed by atoms with Gasteiger partial charge in [-0.1, -0.05) is 96.3 Å². The van der Waals surface area contributed by atoms with Crippen LogP contribution in [0.3, 0.4) is 0 Å². The Morgan fingerprint density at radius 2 is 0.640 bits per heavy atom. The van der Waals surface area contributed by atoms with Crippen LogP contribution in [-0.2, 0) is 0 Å². The molecule has 0 aromatic carbocycles. The van der Waals surface area contributed by atoms with E-state index in [9.17, 15) is 0 Å². The van der Waals surface area contributed by atoms with E-state index in [1.165, 1.54) is 122 Å². The number of nitrogens with zero attached hydrogens (tertiary/aromatic N) is 1. The molecule has 0 aliphatic heterocycles. The molecule has 0 spiro atoms. The van der Waals surface area contributed by atoms with Crippen molar-refractivity contribution >= 4 is 0 Å². The average Bonchev–Trinajstić information content (AvgIpc) is 2.56. The highest BCUT2D eigenvalue weighted by Crippen LogP contribution is 2.14. The fraction of sp³-hybridized carbons (Fsp3) is 1.00. The van der Waals surface area contributed by atoms with Crippen molar-refractivity contribution < 1.29 is 4.48 Å². The van der Waals surface area contributed by atoms with E-state index < -0.39 is 0 Å². The van der Waals surface area contributed by atoms with E-state index in [0.29, 0.717) is 0 Å². The van der Waals surface area contributed by atoms with E-state index >= 15 is 0 Å². The lowest BCUT2D eigenvalue weighted by molar-refractivity contribution is -0.870. The average molecular weight is 356 g/mol. The molecule has 152 valence electrons. The predicted octanol–water partition coefficient (Wildman–Crippen LogP) is 6.67. The van der Waals surface area contributed by atoms with Crippen LogP contribution in [0.1, 0.15) is 116 Å². The van der Waals surface area contributed by atoms with Gasteiger partial charge in [-0.15, -0.1) is 0 Å². The van der Waals surface area contributed by atoms with Gasteiger partial charge in [0.15, 0.2) is 0 Å². The first-order valence-electron chi connectivity index (χ1n) is 11.6. The van der Waals surface area contributed by atoms with E-state index in [4.69, 9.17) is 5.73 Å². The lowest BCUT2D eigenvalue weighted by Gasteiger charge is -2.23. The summed E-state index contributed by atoms with van der Waals surface area (Å²) >= 11 is 0. The van der Waals surface area contributed by atoms with Crippen LogP contribution >= 0.6 is 0 Å². The number of hydrogen-bond donors (Lipinski definition) is 1. The van der Waals surface area contributed by atoms with Gasteiger partial charge in [0.25, 0.3) is 0 Å². The smallest absolute Gasteiger partial charge is 0.0780 e. The van der Waals surface area contributed by atoms with Crippen LogP contribution in [-0.4, -0.2) is 38.7 Å². The van der Waals surface area contributed by atoms with Crippen molar-refractivity contribution in [2.45, 2.75) is 116 Å². The first-order chi connectivity index (χ1) is 12.1. The van der Waals surface area contributed by atoms with E-state index in [2.05, 4.69) is 21.1 Å². The molecule has 0 aromatic heterocycles. The minimum absolute atomic E-state index is 0.872. The Balaban J connectivity index is 3.01. The van der Waals surface area contributed by atoms with Gasteiger partial charge in [-0.2, -0.15) is 0 Å². The summed E-state index contributed by atoms with van der Waals surface area (Å²) in [6.45, 7) is 2.20. The van der Waals surface area contributed by atoms with Crippen LogP contribution in [0.4, 0.5) is 0 Å². The van der Waals surface area contributed by atoms with E-state index in [-0.39, 0.29) is 0 Å². The van der Waals surface area contributed by atoms with Crippen molar-refractivity contribution in [3.8, 4) is 0 Å². The zero-order chi connectivity index (χ0) is 18.6. The molecule has 0 saturated carbocycles. The molecule has 2 nitrogen and oxygen atoms in total. The molecule has 0 aliphatic rings. The van der Waals surface area contributed by atoms with Crippen LogP contribution in [0.2, 0.25) is 0 Å². The number of unbranched alkanes of at least 4 members (excludes halogenated alkanes) is 17. The lowest BCUT2D eigenvalue weighted by atomic mass is 10.0. The summed E-state index contributed by atoms with van der Waals surface area (Å²) in [6.07, 6.45) is 25.8. The number of quaternary nitrogens is 1. The highest BCUT2D eigenvalue weighted by molar-refractivity contribution is 4.50. The number of hydrogen-bond acceptors (Lipinski definition) is 1. The molecule has 0 aliphatic carbocycles. The van der Waals surface area contributed by atoms with Crippen LogP contribution < -0.4 is 5.73 Å². The van der Waals surface area contributed by atoms with Crippen LogP contribution in [0.25, 0.3) is 0 Å². The van der Waals surface area contributed by atoms with Gasteiger partial charge in [0.05, 0.1) is 27.7 Å². The van der Waals surface area contributed by atoms with Crippen LogP contribution in [0, 0.1) is 0 Å². The lowest BCUT2D eigenvalue weighted by Crippen LogP contribution is -2.35. The molecule has 2 N–H and O–H groups in total. The molecule has 0 amide bonds. The largest absolute Gasteiger partial charge is 0.331 e. The van der Waals surface area contributed by atoms with E-state index in [1.54, 1.807) is 0 Å². The first kappa shape index (κ1) is 24.9. The number of rotatable bonds is 20. The standard InChI is InChI=1S/C23H51N2/c1-25(2,3)23-21-19-17-15-13-11-9-7-5-4-6-8-10-12-14-16-18-20-22-24/h4-24H2,1-3H3/q+1. The molecule has 0 rings (SSSR count). The third-order valence-electron chi connectivity index (χ3n) is 5.28. The quantitative estimate of drug-likeness (QED) is 0.191. The molecule has 0 fully saturated rings. The molecular formula is C23H51N2+. The van der Waals surface area contributed by atoms with Crippen molar-refractivity contribution in [3.05, 3.63) is 0 Å². The Hall–Kier alpha value is -0.0800. The summed E-state index contributed by atoms with van der Waals surface area (Å²) in [7, 11) is 6.89. The SMILES string of the molecule is C[N+](C)(C)CCCCCCCCCCCCCCCCCCCCN. The summed E-state index contributed by atoms with van der Waals surface area (Å²) in [6, 6.07) is 0. The Labute approximate surface area is 160 Å². The topological polar surface area (TPSA) is 26.0 Å². The van der Waals surface area contributed by atoms with Crippen LogP contribution in [0.15, 0.2) is 0 Å². The molecule has 0 unspecified atom stereocenters. The number of nitrogens with two attached hydrogens (primary N) is 1. The normalized spacial score (nSPS) is 12.0. The van der Waals surface area contributed by atoms with Gasteiger partial charge in [0.2, 0.25) is 0 Å². The second-order valence-electron chi connectivity index (χ2n) is 9.17. The fourth-order valence-corrected chi connectivity index (χ4v) is 3.56. The van der Waals surface area contributed by atoms with Gasteiger partial charge in [-0.3, -0.25) is 0 Å². The fourth-order valence-electron chi connectivity index (χ4n) is 3.56. The van der Waals surface area contributed by atoms with Crippen LogP contribution in [0.5, 0.6) is 0 Å². The third kappa shape index (κ3) is 23.9. The minimum Gasteiger partial charge on any atom is -0.331 e. The molecule has 0 saturated heterocycles. The van der Waals surface area contributed by atoms with Gasteiger partial charge >= 0.3 is 0 Å². The van der Waals surface area contributed by atoms with Crippen molar-refractivity contribution in [2.75, 3.05) is 34.2 Å². The maximum Gasteiger partial charge on any atom is 0.0780 e. The van der Waals surface area contributed by atoms with Gasteiger partial charge in [-0.25, -0.2) is 0 Å². The first-order valence-corrected chi connectivity index (χ1v) is 11.6. The van der Waals surface area contributed by atoms with Crippen molar-refractivity contribution in [1.29, 1.82) is 0 Å². The van der Waals surface area contributed by atoms with Crippen molar-refractivity contribution in [1.82, 2.24) is 0 Å². The molecule has 0 bridgehead atoms. The van der Waals surface area contributed by atoms with Crippen molar-refractivity contribution in [2.24, 2.45) is 5.73 Å². The Morgan fingerprint density at radius 1 is 0.400 bits per heavy atom. The summed E-state index contributed by atoms with van der Waals surface area (Å²) in [4.78, 5) is 0. The highest BCUT2D eigenvalue weighted by Gasteiger charge is 2.04. The summed E-state index contributed by atoms with van der Waals surface area (Å²) in [5.74, 6) is 0. The maximum atomic E-state index is 5.51. The van der Waals surface area contributed by atoms with Gasteiger partial charge in [-0.05, 0) is 25.8 Å². The summed E-state index contributed by atoms with van der Waals surface area (Å²) in [5.41, 5.74) is 5.51. The van der Waals surface area contributed by atoms with Gasteiger partial charge in [0.1, 0.15) is 0 Å². The molecule has 2 heteroatoms. The molecule has 0 heterocycles. The molecule has 0 aromatic rings. The summed E-state index contributed by atoms with van der Waals surface area (Å²) < 4.78 is 1.12. The Morgan fingerprint density at radius 3 is 0.880 bits per heavy atom. The monoisotopic (exact) mass is 355 g/mol. The Bertz CT molecular complexity index is 245.